The van der Waals surface area contributed by atoms with Crippen LogP contribution in [0, 0.1) is 0 Å². The summed E-state index contributed by atoms with van der Waals surface area (Å²) in [6, 6.07) is 14.2. The summed E-state index contributed by atoms with van der Waals surface area (Å²) in [5.74, 6) is 0.0440. The summed E-state index contributed by atoms with van der Waals surface area (Å²) in [7, 11) is 0. The average molecular weight is 354 g/mol. The Hall–Kier alpha value is -2.89. The maximum atomic E-state index is 13.8. The van der Waals surface area contributed by atoms with E-state index in [1.165, 1.54) is 0 Å². The van der Waals surface area contributed by atoms with Crippen LogP contribution in [0.1, 0.15) is 30.0 Å². The fourth-order valence-corrected chi connectivity index (χ4v) is 3.42. The predicted octanol–water partition coefficient (Wildman–Crippen LogP) is 5.94. The third-order valence-corrected chi connectivity index (χ3v) is 4.81. The molecular formula is C20H13F3N2O. The standard InChI is InChI=1S/C20H13F3N2O/c21-20(22,23)15-10-16(14-7-3-5-11-4-1-2-6-13(11)14)24-19-17(15)18(25-26-19)12-8-9-12/h1-7,10,12H,8-9H2. The van der Waals surface area contributed by atoms with Gasteiger partial charge in [0.25, 0.3) is 5.71 Å². The van der Waals surface area contributed by atoms with E-state index in [-0.39, 0.29) is 22.7 Å². The Morgan fingerprint density at radius 2 is 1.77 bits per heavy atom. The first-order valence-electron chi connectivity index (χ1n) is 8.38. The quantitative estimate of drug-likeness (QED) is 0.447. The van der Waals surface area contributed by atoms with Crippen molar-refractivity contribution in [2.24, 2.45) is 0 Å². The van der Waals surface area contributed by atoms with Gasteiger partial charge in [0.2, 0.25) is 0 Å². The topological polar surface area (TPSA) is 38.9 Å². The van der Waals surface area contributed by atoms with Crippen LogP contribution < -0.4 is 0 Å². The molecule has 1 aliphatic carbocycles. The number of pyridine rings is 1. The fourth-order valence-electron chi connectivity index (χ4n) is 3.42. The van der Waals surface area contributed by atoms with E-state index in [1.807, 2.05) is 36.4 Å². The third-order valence-electron chi connectivity index (χ3n) is 4.81. The van der Waals surface area contributed by atoms with E-state index in [9.17, 15) is 13.2 Å². The van der Waals surface area contributed by atoms with E-state index in [0.29, 0.717) is 11.3 Å². The summed E-state index contributed by atoms with van der Waals surface area (Å²) in [6.45, 7) is 0. The van der Waals surface area contributed by atoms with Crippen LogP contribution in [0.4, 0.5) is 13.2 Å². The lowest BCUT2D eigenvalue weighted by Crippen LogP contribution is -2.07. The number of alkyl halides is 3. The first kappa shape index (κ1) is 15.4. The van der Waals surface area contributed by atoms with Crippen LogP contribution in [0.2, 0.25) is 0 Å². The molecule has 2 aromatic carbocycles. The minimum Gasteiger partial charge on any atom is -0.335 e. The van der Waals surface area contributed by atoms with Gasteiger partial charge in [-0.25, -0.2) is 4.98 Å². The molecule has 0 amide bonds. The largest absolute Gasteiger partial charge is 0.417 e. The van der Waals surface area contributed by atoms with Crippen molar-refractivity contribution in [1.29, 1.82) is 0 Å². The lowest BCUT2D eigenvalue weighted by Gasteiger charge is -2.11. The predicted molar refractivity (Wildman–Crippen MR) is 91.7 cm³/mol. The average Bonchev–Trinajstić information content (AvgIpc) is 3.39. The van der Waals surface area contributed by atoms with Gasteiger partial charge < -0.3 is 4.52 Å². The fraction of sp³-hybridized carbons (Fsp3) is 0.200. The highest BCUT2D eigenvalue weighted by Crippen LogP contribution is 2.46. The maximum absolute atomic E-state index is 13.8. The summed E-state index contributed by atoms with van der Waals surface area (Å²) in [5.41, 5.74) is 0.475. The second kappa shape index (κ2) is 5.30. The van der Waals surface area contributed by atoms with Gasteiger partial charge in [0.15, 0.2) is 0 Å². The number of benzene rings is 2. The molecule has 2 heterocycles. The van der Waals surface area contributed by atoms with E-state index < -0.39 is 11.7 Å². The van der Waals surface area contributed by atoms with Crippen LogP contribution in [-0.4, -0.2) is 10.1 Å². The summed E-state index contributed by atoms with van der Waals surface area (Å²) in [6.07, 6.45) is -2.83. The number of rotatable bonds is 2. The highest BCUT2D eigenvalue weighted by atomic mass is 19.4. The lowest BCUT2D eigenvalue weighted by atomic mass is 9.99. The molecule has 0 spiro atoms. The zero-order valence-electron chi connectivity index (χ0n) is 13.5. The van der Waals surface area contributed by atoms with Gasteiger partial charge in [-0.3, -0.25) is 0 Å². The highest BCUT2D eigenvalue weighted by molar-refractivity contribution is 5.97. The molecule has 0 unspecified atom stereocenters. The number of hydrogen-bond acceptors (Lipinski definition) is 3. The summed E-state index contributed by atoms with van der Waals surface area (Å²) in [5, 5.41) is 5.68. The van der Waals surface area contributed by atoms with Crippen molar-refractivity contribution in [1.82, 2.24) is 10.1 Å². The van der Waals surface area contributed by atoms with Crippen LogP contribution in [-0.2, 0) is 6.18 Å². The molecule has 0 saturated heterocycles. The van der Waals surface area contributed by atoms with Crippen molar-refractivity contribution in [3.63, 3.8) is 0 Å². The number of hydrogen-bond donors (Lipinski definition) is 0. The Balaban J connectivity index is 1.82. The van der Waals surface area contributed by atoms with E-state index in [2.05, 4.69) is 10.1 Å². The summed E-state index contributed by atoms with van der Waals surface area (Å²) >= 11 is 0. The maximum Gasteiger partial charge on any atom is 0.417 e. The molecule has 0 bridgehead atoms. The molecule has 5 rings (SSSR count). The minimum absolute atomic E-state index is 0.00369. The van der Waals surface area contributed by atoms with E-state index in [1.54, 1.807) is 6.07 Å². The Morgan fingerprint density at radius 3 is 2.54 bits per heavy atom. The van der Waals surface area contributed by atoms with Gasteiger partial charge >= 0.3 is 6.18 Å². The van der Waals surface area contributed by atoms with Crippen molar-refractivity contribution in [2.75, 3.05) is 0 Å². The number of fused-ring (bicyclic) bond motifs is 2. The first-order valence-corrected chi connectivity index (χ1v) is 8.38. The normalized spacial score (nSPS) is 15.0. The van der Waals surface area contributed by atoms with E-state index in [0.717, 1.165) is 29.7 Å². The molecule has 1 fully saturated rings. The Kier molecular flexibility index (Phi) is 3.13. The van der Waals surface area contributed by atoms with Crippen LogP contribution in [0.25, 0.3) is 33.1 Å². The second-order valence-electron chi connectivity index (χ2n) is 6.60. The molecular weight excluding hydrogens is 341 g/mol. The molecule has 1 aliphatic rings. The third kappa shape index (κ3) is 2.36. The van der Waals surface area contributed by atoms with Gasteiger partial charge in [0.05, 0.1) is 22.3 Å². The van der Waals surface area contributed by atoms with Gasteiger partial charge in [0, 0.05) is 11.5 Å². The molecule has 0 radical (unpaired) electrons. The number of halogens is 3. The number of nitrogens with zero attached hydrogens (tertiary/aromatic N) is 2. The smallest absolute Gasteiger partial charge is 0.335 e. The van der Waals surface area contributed by atoms with Gasteiger partial charge in [-0.05, 0) is 29.7 Å². The van der Waals surface area contributed by atoms with Crippen molar-refractivity contribution < 1.29 is 17.7 Å². The molecule has 0 aliphatic heterocycles. The molecule has 26 heavy (non-hydrogen) atoms. The van der Waals surface area contributed by atoms with E-state index >= 15 is 0 Å². The van der Waals surface area contributed by atoms with Gasteiger partial charge in [0.1, 0.15) is 0 Å². The van der Waals surface area contributed by atoms with Crippen molar-refractivity contribution in [3.8, 4) is 11.3 Å². The molecule has 130 valence electrons. The number of aromatic nitrogens is 2. The highest BCUT2D eigenvalue weighted by Gasteiger charge is 2.39. The van der Waals surface area contributed by atoms with Crippen LogP contribution >= 0.6 is 0 Å². The molecule has 1 saturated carbocycles. The molecule has 6 heteroatoms. The van der Waals surface area contributed by atoms with Crippen LogP contribution in [0.15, 0.2) is 53.1 Å². The van der Waals surface area contributed by atoms with Crippen molar-refractivity contribution in [2.45, 2.75) is 24.9 Å². The van der Waals surface area contributed by atoms with Crippen molar-refractivity contribution >= 4 is 21.9 Å². The molecule has 0 N–H and O–H groups in total. The zero-order chi connectivity index (χ0) is 17.9. The summed E-state index contributed by atoms with van der Waals surface area (Å²) in [4.78, 5) is 4.37. The lowest BCUT2D eigenvalue weighted by molar-refractivity contribution is -0.136. The van der Waals surface area contributed by atoms with Gasteiger partial charge in [-0.1, -0.05) is 47.6 Å². The molecule has 0 atom stereocenters. The van der Waals surface area contributed by atoms with Gasteiger partial charge in [-0.2, -0.15) is 13.2 Å². The first-order chi connectivity index (χ1) is 12.5. The molecule has 3 nitrogen and oxygen atoms in total. The second-order valence-corrected chi connectivity index (χ2v) is 6.60. The summed E-state index contributed by atoms with van der Waals surface area (Å²) < 4.78 is 46.5. The van der Waals surface area contributed by atoms with E-state index in [4.69, 9.17) is 4.52 Å². The monoisotopic (exact) mass is 354 g/mol. The van der Waals surface area contributed by atoms with Crippen LogP contribution in [0.5, 0.6) is 0 Å². The Morgan fingerprint density at radius 1 is 1.00 bits per heavy atom. The molecule has 2 aromatic heterocycles. The Bertz CT molecular complexity index is 1140. The Labute approximate surface area is 146 Å². The van der Waals surface area contributed by atoms with Gasteiger partial charge in [-0.15, -0.1) is 0 Å². The zero-order valence-corrected chi connectivity index (χ0v) is 13.5. The SMILES string of the molecule is FC(F)(F)c1cc(-c2cccc3ccccc23)nc2onc(C3CC3)c12. The van der Waals surface area contributed by atoms with Crippen molar-refractivity contribution in [3.05, 3.63) is 59.8 Å². The molecule has 4 aromatic rings. The van der Waals surface area contributed by atoms with Crippen LogP contribution in [0.3, 0.4) is 0 Å². The minimum atomic E-state index is -4.50.